The Morgan fingerprint density at radius 3 is 2.51 bits per heavy atom. The third-order valence-corrected chi connectivity index (χ3v) is 7.22. The number of nitrogen functional groups attached to an aromatic ring is 1. The van der Waals surface area contributed by atoms with Crippen molar-refractivity contribution >= 4 is 28.4 Å². The fraction of sp³-hybridized carbons (Fsp3) is 0.188. The third-order valence-electron chi connectivity index (χ3n) is 7.22. The number of ether oxygens (including phenoxy) is 1. The molecule has 206 valence electrons. The number of fused-ring (bicyclic) bond motifs is 1. The number of carbonyl (C=O) groups excluding carboxylic acids is 1. The minimum Gasteiger partial charge on any atom is -0.457 e. The third kappa shape index (κ3) is 5.66. The van der Waals surface area contributed by atoms with Crippen molar-refractivity contribution in [1.82, 2.24) is 24.6 Å². The van der Waals surface area contributed by atoms with Crippen molar-refractivity contribution in [3.8, 4) is 28.4 Å². The van der Waals surface area contributed by atoms with Crippen LogP contribution in [0, 0.1) is 0 Å². The highest BCUT2D eigenvalue weighted by atomic mass is 16.5. The van der Waals surface area contributed by atoms with E-state index in [1.54, 1.807) is 22.7 Å². The standard InChI is InChI=1S/C32H31N7O2/c1-37(23-15-16-23)19-7-12-28(40)38(2)24-8-6-9-25(20-24)39-32-29(31(33)34-21-35-32)30(36-39)22-13-17-27(18-14-22)41-26-10-4-3-5-11-26/h3-14,17-18,20-21,23H,15-16,19H2,1-2H3,(H2,33,34,35). The predicted molar refractivity (Wildman–Crippen MR) is 161 cm³/mol. The second-order valence-corrected chi connectivity index (χ2v) is 10.1. The molecule has 0 unspecified atom stereocenters. The first-order valence-electron chi connectivity index (χ1n) is 13.6. The van der Waals surface area contributed by atoms with Gasteiger partial charge >= 0.3 is 0 Å². The minimum atomic E-state index is -0.0956. The maximum Gasteiger partial charge on any atom is 0.250 e. The first kappa shape index (κ1) is 26.2. The van der Waals surface area contributed by atoms with Gasteiger partial charge in [0.2, 0.25) is 5.91 Å². The van der Waals surface area contributed by atoms with Crippen LogP contribution in [0.3, 0.4) is 0 Å². The van der Waals surface area contributed by atoms with Crippen molar-refractivity contribution in [1.29, 1.82) is 0 Å². The second kappa shape index (κ2) is 11.2. The molecule has 0 saturated heterocycles. The van der Waals surface area contributed by atoms with E-state index in [1.165, 1.54) is 19.2 Å². The number of amides is 1. The summed E-state index contributed by atoms with van der Waals surface area (Å²) in [5.74, 6) is 1.71. The summed E-state index contributed by atoms with van der Waals surface area (Å²) < 4.78 is 7.68. The Bertz CT molecular complexity index is 1710. The van der Waals surface area contributed by atoms with Crippen LogP contribution in [-0.2, 0) is 4.79 Å². The Morgan fingerprint density at radius 1 is 1.00 bits per heavy atom. The van der Waals surface area contributed by atoms with Crippen molar-refractivity contribution in [3.05, 3.63) is 97.3 Å². The van der Waals surface area contributed by atoms with E-state index in [2.05, 4.69) is 21.9 Å². The Morgan fingerprint density at radius 2 is 1.76 bits per heavy atom. The first-order valence-corrected chi connectivity index (χ1v) is 13.6. The number of hydrogen-bond donors (Lipinski definition) is 1. The number of para-hydroxylation sites is 1. The highest BCUT2D eigenvalue weighted by molar-refractivity contribution is 6.01. The van der Waals surface area contributed by atoms with Gasteiger partial charge in [0.1, 0.15) is 29.3 Å². The molecule has 2 heterocycles. The lowest BCUT2D eigenvalue weighted by molar-refractivity contribution is -0.113. The van der Waals surface area contributed by atoms with Gasteiger partial charge in [-0.15, -0.1) is 0 Å². The summed E-state index contributed by atoms with van der Waals surface area (Å²) in [6.45, 7) is 0.757. The summed E-state index contributed by atoms with van der Waals surface area (Å²) in [6.07, 6.45) is 7.45. The molecule has 0 spiro atoms. The quantitative estimate of drug-likeness (QED) is 0.245. The lowest BCUT2D eigenvalue weighted by atomic mass is 10.1. The molecule has 3 aromatic carbocycles. The van der Waals surface area contributed by atoms with Crippen LogP contribution in [0.2, 0.25) is 0 Å². The summed E-state index contributed by atoms with van der Waals surface area (Å²) in [6, 6.07) is 25.6. The molecule has 9 heteroatoms. The Hall–Kier alpha value is -5.02. The molecule has 2 N–H and O–H groups in total. The van der Waals surface area contributed by atoms with Crippen LogP contribution in [0.1, 0.15) is 12.8 Å². The summed E-state index contributed by atoms with van der Waals surface area (Å²) >= 11 is 0. The van der Waals surface area contributed by atoms with Crippen LogP contribution < -0.4 is 15.4 Å². The number of hydrogen-bond acceptors (Lipinski definition) is 7. The van der Waals surface area contributed by atoms with E-state index in [4.69, 9.17) is 15.6 Å². The van der Waals surface area contributed by atoms with Crippen molar-refractivity contribution in [2.24, 2.45) is 0 Å². The van der Waals surface area contributed by atoms with E-state index < -0.39 is 0 Å². The molecule has 5 aromatic rings. The van der Waals surface area contributed by atoms with Gasteiger partial charge in [-0.05, 0) is 74.5 Å². The minimum absolute atomic E-state index is 0.0956. The molecule has 0 aliphatic heterocycles. The first-order chi connectivity index (χ1) is 20.0. The zero-order valence-corrected chi connectivity index (χ0v) is 23.0. The molecule has 1 amide bonds. The fourth-order valence-corrected chi connectivity index (χ4v) is 4.72. The molecule has 1 saturated carbocycles. The molecule has 0 bridgehead atoms. The lowest BCUT2D eigenvalue weighted by Crippen LogP contribution is -2.25. The average Bonchev–Trinajstić information content (AvgIpc) is 3.78. The molecular weight excluding hydrogens is 514 g/mol. The van der Waals surface area contributed by atoms with E-state index >= 15 is 0 Å². The van der Waals surface area contributed by atoms with Gasteiger partial charge in [0.25, 0.3) is 0 Å². The second-order valence-electron chi connectivity index (χ2n) is 10.1. The monoisotopic (exact) mass is 545 g/mol. The number of likely N-dealkylation sites (N-methyl/N-ethyl adjacent to an activating group) is 2. The predicted octanol–water partition coefficient (Wildman–Crippen LogP) is 5.47. The van der Waals surface area contributed by atoms with Gasteiger partial charge in [0.05, 0.1) is 11.1 Å². The van der Waals surface area contributed by atoms with Crippen LogP contribution in [0.15, 0.2) is 97.3 Å². The Labute approximate surface area is 238 Å². The molecular formula is C32H31N7O2. The molecule has 41 heavy (non-hydrogen) atoms. The number of nitrogens with zero attached hydrogens (tertiary/aromatic N) is 6. The van der Waals surface area contributed by atoms with Crippen LogP contribution in [0.4, 0.5) is 11.5 Å². The highest BCUT2D eigenvalue weighted by Crippen LogP contribution is 2.34. The topological polar surface area (TPSA) is 102 Å². The normalized spacial score (nSPS) is 13.2. The number of benzene rings is 3. The van der Waals surface area contributed by atoms with E-state index in [1.807, 2.05) is 84.9 Å². The fourth-order valence-electron chi connectivity index (χ4n) is 4.72. The highest BCUT2D eigenvalue weighted by Gasteiger charge is 2.25. The number of aromatic nitrogens is 4. The van der Waals surface area contributed by atoms with Crippen molar-refractivity contribution in [3.63, 3.8) is 0 Å². The average molecular weight is 546 g/mol. The Balaban J connectivity index is 1.28. The van der Waals surface area contributed by atoms with E-state index in [0.29, 0.717) is 34.3 Å². The van der Waals surface area contributed by atoms with Gasteiger partial charge in [0, 0.05) is 37.0 Å². The van der Waals surface area contributed by atoms with Gasteiger partial charge in [0.15, 0.2) is 5.65 Å². The summed E-state index contributed by atoms with van der Waals surface area (Å²) in [7, 11) is 3.85. The van der Waals surface area contributed by atoms with Crippen LogP contribution in [-0.4, -0.2) is 57.2 Å². The molecule has 9 nitrogen and oxygen atoms in total. The zero-order chi connectivity index (χ0) is 28.3. The molecule has 2 aromatic heterocycles. The maximum atomic E-state index is 12.9. The van der Waals surface area contributed by atoms with Gasteiger partial charge in [-0.25, -0.2) is 14.6 Å². The summed E-state index contributed by atoms with van der Waals surface area (Å²) in [5.41, 5.74) is 9.90. The van der Waals surface area contributed by atoms with Crippen molar-refractivity contribution in [2.75, 3.05) is 31.3 Å². The van der Waals surface area contributed by atoms with Gasteiger partial charge in [-0.3, -0.25) is 9.69 Å². The van der Waals surface area contributed by atoms with E-state index in [9.17, 15) is 4.79 Å². The van der Waals surface area contributed by atoms with Crippen molar-refractivity contribution in [2.45, 2.75) is 18.9 Å². The number of anilines is 2. The molecule has 6 rings (SSSR count). The SMILES string of the molecule is CN(C(=O)C=CCN(C)C1CC1)c1cccc(-n2nc(-c3ccc(Oc4ccccc4)cc3)c3c(N)ncnc32)c1. The Kier molecular flexibility index (Phi) is 7.18. The van der Waals surface area contributed by atoms with Crippen LogP contribution in [0.25, 0.3) is 28.0 Å². The molecule has 0 atom stereocenters. The van der Waals surface area contributed by atoms with Crippen LogP contribution in [0.5, 0.6) is 11.5 Å². The van der Waals surface area contributed by atoms with E-state index in [0.717, 1.165) is 29.2 Å². The maximum absolute atomic E-state index is 12.9. The summed E-state index contributed by atoms with van der Waals surface area (Å²) in [5, 5.41) is 5.57. The van der Waals surface area contributed by atoms with Gasteiger partial charge < -0.3 is 15.4 Å². The molecule has 1 aliphatic carbocycles. The number of nitrogens with two attached hydrogens (primary N) is 1. The lowest BCUT2D eigenvalue weighted by Gasteiger charge is -2.17. The van der Waals surface area contributed by atoms with Gasteiger partial charge in [-0.2, -0.15) is 5.10 Å². The molecule has 0 radical (unpaired) electrons. The summed E-state index contributed by atoms with van der Waals surface area (Å²) in [4.78, 5) is 25.5. The van der Waals surface area contributed by atoms with Crippen molar-refractivity contribution < 1.29 is 9.53 Å². The number of rotatable bonds is 9. The smallest absolute Gasteiger partial charge is 0.250 e. The van der Waals surface area contributed by atoms with Gasteiger partial charge in [-0.1, -0.05) is 30.3 Å². The molecule has 1 fully saturated rings. The largest absolute Gasteiger partial charge is 0.457 e. The number of carbonyl (C=O) groups is 1. The molecule has 1 aliphatic rings. The van der Waals surface area contributed by atoms with E-state index in [-0.39, 0.29) is 5.91 Å². The van der Waals surface area contributed by atoms with Crippen LogP contribution >= 0.6 is 0 Å². The zero-order valence-electron chi connectivity index (χ0n) is 23.0.